The standard InChI is InChI=1S/C10H12N2O2/c1-3-6-14-10(13)12-9-5-4-8(2)7-11-9/h3-5,7H,1,6H2,2H3,(H,11,12,13). The largest absolute Gasteiger partial charge is 0.445 e. The Morgan fingerprint density at radius 1 is 1.71 bits per heavy atom. The summed E-state index contributed by atoms with van der Waals surface area (Å²) in [6, 6.07) is 3.57. The van der Waals surface area contributed by atoms with Crippen molar-refractivity contribution < 1.29 is 9.53 Å². The first kappa shape index (κ1) is 10.2. The van der Waals surface area contributed by atoms with Crippen LogP contribution in [-0.2, 0) is 4.74 Å². The lowest BCUT2D eigenvalue weighted by Gasteiger charge is -2.03. The van der Waals surface area contributed by atoms with Crippen LogP contribution >= 0.6 is 0 Å². The Labute approximate surface area is 82.6 Å². The zero-order chi connectivity index (χ0) is 10.4. The number of anilines is 1. The molecule has 0 saturated carbocycles. The van der Waals surface area contributed by atoms with Crippen molar-refractivity contribution in [3.63, 3.8) is 0 Å². The maximum absolute atomic E-state index is 11.0. The molecule has 4 nitrogen and oxygen atoms in total. The fourth-order valence-electron chi connectivity index (χ4n) is 0.817. The van der Waals surface area contributed by atoms with E-state index in [1.165, 1.54) is 6.08 Å². The number of hydrogen-bond donors (Lipinski definition) is 1. The molecule has 1 heterocycles. The van der Waals surface area contributed by atoms with Crippen LogP contribution in [0, 0.1) is 6.92 Å². The van der Waals surface area contributed by atoms with Crippen molar-refractivity contribution in [3.8, 4) is 0 Å². The van der Waals surface area contributed by atoms with Gasteiger partial charge in [-0.15, -0.1) is 0 Å². The van der Waals surface area contributed by atoms with Gasteiger partial charge in [0.05, 0.1) is 0 Å². The van der Waals surface area contributed by atoms with Crippen molar-refractivity contribution in [1.82, 2.24) is 4.98 Å². The monoisotopic (exact) mass is 192 g/mol. The molecule has 0 aliphatic heterocycles. The van der Waals surface area contributed by atoms with Gasteiger partial charge in [0.1, 0.15) is 12.4 Å². The van der Waals surface area contributed by atoms with Gasteiger partial charge < -0.3 is 4.74 Å². The molecule has 0 fully saturated rings. The van der Waals surface area contributed by atoms with Crippen LogP contribution in [0.3, 0.4) is 0 Å². The van der Waals surface area contributed by atoms with E-state index < -0.39 is 6.09 Å². The molecule has 0 aliphatic rings. The number of rotatable bonds is 3. The van der Waals surface area contributed by atoms with Crippen LogP contribution in [0.5, 0.6) is 0 Å². The van der Waals surface area contributed by atoms with E-state index in [1.54, 1.807) is 12.3 Å². The summed E-state index contributed by atoms with van der Waals surface area (Å²) in [5.41, 5.74) is 1.04. The highest BCUT2D eigenvalue weighted by atomic mass is 16.5. The first-order valence-electron chi connectivity index (χ1n) is 4.19. The zero-order valence-electron chi connectivity index (χ0n) is 7.99. The molecule has 0 bridgehead atoms. The molecular formula is C10H12N2O2. The molecule has 0 spiro atoms. The van der Waals surface area contributed by atoms with Gasteiger partial charge in [0, 0.05) is 6.20 Å². The van der Waals surface area contributed by atoms with Gasteiger partial charge in [-0.2, -0.15) is 0 Å². The summed E-state index contributed by atoms with van der Waals surface area (Å²) in [5.74, 6) is 0.477. The minimum atomic E-state index is -0.527. The smallest absolute Gasteiger partial charge is 0.413 e. The van der Waals surface area contributed by atoms with Gasteiger partial charge in [-0.05, 0) is 18.6 Å². The normalized spacial score (nSPS) is 9.21. The third kappa shape index (κ3) is 3.26. The number of aromatic nitrogens is 1. The van der Waals surface area contributed by atoms with E-state index in [2.05, 4.69) is 16.9 Å². The highest BCUT2D eigenvalue weighted by Gasteiger charge is 2.01. The first-order valence-corrected chi connectivity index (χ1v) is 4.19. The van der Waals surface area contributed by atoms with Gasteiger partial charge in [-0.1, -0.05) is 18.7 Å². The Balaban J connectivity index is 2.47. The van der Waals surface area contributed by atoms with E-state index in [0.717, 1.165) is 5.56 Å². The molecule has 1 rings (SSSR count). The maximum Gasteiger partial charge on any atom is 0.413 e. The van der Waals surface area contributed by atoms with Crippen molar-refractivity contribution in [2.45, 2.75) is 6.92 Å². The van der Waals surface area contributed by atoms with E-state index in [4.69, 9.17) is 4.74 Å². The molecule has 1 aromatic heterocycles. The average molecular weight is 192 g/mol. The van der Waals surface area contributed by atoms with Crippen LogP contribution in [0.2, 0.25) is 0 Å². The molecule has 0 unspecified atom stereocenters. The number of amides is 1. The Morgan fingerprint density at radius 3 is 3.07 bits per heavy atom. The maximum atomic E-state index is 11.0. The lowest BCUT2D eigenvalue weighted by Crippen LogP contribution is -2.14. The number of ether oxygens (including phenoxy) is 1. The zero-order valence-corrected chi connectivity index (χ0v) is 7.99. The molecule has 0 radical (unpaired) electrons. The summed E-state index contributed by atoms with van der Waals surface area (Å²) in [6.45, 7) is 5.55. The third-order valence-corrected chi connectivity index (χ3v) is 1.47. The van der Waals surface area contributed by atoms with Crippen LogP contribution in [0.15, 0.2) is 31.0 Å². The lowest BCUT2D eigenvalue weighted by molar-refractivity contribution is 0.174. The van der Waals surface area contributed by atoms with Crippen LogP contribution in [0.1, 0.15) is 5.56 Å². The Bertz CT molecular complexity index is 319. The second-order valence-corrected chi connectivity index (χ2v) is 2.73. The van der Waals surface area contributed by atoms with E-state index in [0.29, 0.717) is 5.82 Å². The van der Waals surface area contributed by atoms with E-state index in [1.807, 2.05) is 13.0 Å². The summed E-state index contributed by atoms with van der Waals surface area (Å²) in [7, 11) is 0. The van der Waals surface area contributed by atoms with Gasteiger partial charge in [-0.3, -0.25) is 5.32 Å². The highest BCUT2D eigenvalue weighted by molar-refractivity contribution is 5.83. The average Bonchev–Trinajstić information content (AvgIpc) is 2.18. The summed E-state index contributed by atoms with van der Waals surface area (Å²) < 4.78 is 4.72. The number of carbonyl (C=O) groups excluding carboxylic acids is 1. The number of nitrogens with one attached hydrogen (secondary N) is 1. The molecule has 1 N–H and O–H groups in total. The van der Waals surface area contributed by atoms with Crippen molar-refractivity contribution in [1.29, 1.82) is 0 Å². The molecule has 0 saturated heterocycles. The molecule has 0 aliphatic carbocycles. The van der Waals surface area contributed by atoms with Crippen molar-refractivity contribution in [3.05, 3.63) is 36.5 Å². The predicted octanol–water partition coefficient (Wildman–Crippen LogP) is 2.12. The lowest BCUT2D eigenvalue weighted by atomic mass is 10.3. The predicted molar refractivity (Wildman–Crippen MR) is 54.1 cm³/mol. The summed E-state index contributed by atoms with van der Waals surface area (Å²) in [5, 5.41) is 2.48. The SMILES string of the molecule is C=CCOC(=O)Nc1ccc(C)cn1. The van der Waals surface area contributed by atoms with Gasteiger partial charge >= 0.3 is 6.09 Å². The topological polar surface area (TPSA) is 51.2 Å². The first-order chi connectivity index (χ1) is 6.72. The quantitative estimate of drug-likeness (QED) is 0.746. The third-order valence-electron chi connectivity index (χ3n) is 1.47. The van der Waals surface area contributed by atoms with Crippen LogP contribution in [0.25, 0.3) is 0 Å². The summed E-state index contributed by atoms with van der Waals surface area (Å²) >= 11 is 0. The van der Waals surface area contributed by atoms with E-state index in [-0.39, 0.29) is 6.61 Å². The number of pyridine rings is 1. The van der Waals surface area contributed by atoms with Gasteiger partial charge in [0.25, 0.3) is 0 Å². The Hall–Kier alpha value is -1.84. The van der Waals surface area contributed by atoms with E-state index in [9.17, 15) is 4.79 Å². The van der Waals surface area contributed by atoms with Crippen molar-refractivity contribution in [2.75, 3.05) is 11.9 Å². The van der Waals surface area contributed by atoms with Crippen molar-refractivity contribution >= 4 is 11.9 Å². The molecule has 0 aromatic carbocycles. The Morgan fingerprint density at radius 2 is 2.50 bits per heavy atom. The number of nitrogens with zero attached hydrogens (tertiary/aromatic N) is 1. The van der Waals surface area contributed by atoms with Crippen LogP contribution < -0.4 is 5.32 Å². The fraction of sp³-hybridized carbons (Fsp3) is 0.200. The van der Waals surface area contributed by atoms with Crippen LogP contribution in [-0.4, -0.2) is 17.7 Å². The highest BCUT2D eigenvalue weighted by Crippen LogP contribution is 2.03. The second-order valence-electron chi connectivity index (χ2n) is 2.73. The number of aryl methyl sites for hydroxylation is 1. The molecule has 4 heteroatoms. The van der Waals surface area contributed by atoms with Crippen LogP contribution in [0.4, 0.5) is 10.6 Å². The fourth-order valence-corrected chi connectivity index (χ4v) is 0.817. The minimum Gasteiger partial charge on any atom is -0.445 e. The van der Waals surface area contributed by atoms with Gasteiger partial charge in [-0.25, -0.2) is 9.78 Å². The molecular weight excluding hydrogens is 180 g/mol. The molecule has 0 atom stereocenters. The summed E-state index contributed by atoms with van der Waals surface area (Å²) in [6.07, 6.45) is 2.65. The molecule has 1 amide bonds. The second kappa shape index (κ2) is 5.01. The van der Waals surface area contributed by atoms with Crippen molar-refractivity contribution in [2.24, 2.45) is 0 Å². The molecule has 74 valence electrons. The van der Waals surface area contributed by atoms with E-state index >= 15 is 0 Å². The van der Waals surface area contributed by atoms with Gasteiger partial charge in [0.2, 0.25) is 0 Å². The number of carbonyl (C=O) groups is 1. The van der Waals surface area contributed by atoms with Gasteiger partial charge in [0.15, 0.2) is 0 Å². The molecule has 1 aromatic rings. The minimum absolute atomic E-state index is 0.192. The summed E-state index contributed by atoms with van der Waals surface area (Å²) in [4.78, 5) is 15.0. The number of hydrogen-bond acceptors (Lipinski definition) is 3. The molecule has 14 heavy (non-hydrogen) atoms. The Kier molecular flexibility index (Phi) is 3.67.